The van der Waals surface area contributed by atoms with E-state index in [1.54, 1.807) is 0 Å². The maximum Gasteiger partial charge on any atom is 0.225 e. The van der Waals surface area contributed by atoms with Gasteiger partial charge in [0.15, 0.2) is 0 Å². The molecule has 0 aromatic rings. The standard InChI is InChI=1S/C9H16NO/c1-8(2)9(11)10-6-4-3-5-7-10/h6,8H,3-5,7H2,1-2H3. The molecule has 1 fully saturated rings. The summed E-state index contributed by atoms with van der Waals surface area (Å²) in [7, 11) is 0. The molecule has 2 heteroatoms. The Morgan fingerprint density at radius 1 is 1.45 bits per heavy atom. The van der Waals surface area contributed by atoms with Crippen molar-refractivity contribution >= 4 is 5.91 Å². The van der Waals surface area contributed by atoms with Gasteiger partial charge in [-0.2, -0.15) is 0 Å². The van der Waals surface area contributed by atoms with Crippen LogP contribution < -0.4 is 0 Å². The molecule has 63 valence electrons. The molecule has 0 saturated carbocycles. The lowest BCUT2D eigenvalue weighted by Gasteiger charge is -2.27. The molecule has 1 aliphatic rings. The maximum atomic E-state index is 11.4. The zero-order valence-electron chi connectivity index (χ0n) is 7.34. The number of rotatable bonds is 1. The number of likely N-dealkylation sites (tertiary alicyclic amines) is 1. The second-order valence-corrected chi connectivity index (χ2v) is 3.36. The monoisotopic (exact) mass is 154 g/mol. The number of piperidine rings is 1. The molecule has 1 heterocycles. The predicted molar refractivity (Wildman–Crippen MR) is 44.7 cm³/mol. The number of amides is 1. The molecule has 0 atom stereocenters. The topological polar surface area (TPSA) is 20.3 Å². The lowest BCUT2D eigenvalue weighted by atomic mass is 10.1. The van der Waals surface area contributed by atoms with Crippen LogP contribution in [0.1, 0.15) is 33.1 Å². The van der Waals surface area contributed by atoms with E-state index in [1.165, 1.54) is 6.42 Å². The van der Waals surface area contributed by atoms with Crippen LogP contribution in [0.2, 0.25) is 0 Å². The third-order valence-electron chi connectivity index (χ3n) is 1.98. The molecule has 0 bridgehead atoms. The normalized spacial score (nSPS) is 19.0. The highest BCUT2D eigenvalue weighted by atomic mass is 16.2. The van der Waals surface area contributed by atoms with Crippen molar-refractivity contribution in [3.63, 3.8) is 0 Å². The average Bonchev–Trinajstić information content (AvgIpc) is 2.05. The molecule has 2 nitrogen and oxygen atoms in total. The fourth-order valence-electron chi connectivity index (χ4n) is 1.30. The van der Waals surface area contributed by atoms with Crippen molar-refractivity contribution in [1.82, 2.24) is 4.90 Å². The van der Waals surface area contributed by atoms with Gasteiger partial charge in [0.1, 0.15) is 0 Å². The molecule has 0 spiro atoms. The lowest BCUT2D eigenvalue weighted by Crippen LogP contribution is -2.35. The van der Waals surface area contributed by atoms with Gasteiger partial charge in [-0.1, -0.05) is 13.8 Å². The molecule has 0 aromatic heterocycles. The molecular weight excluding hydrogens is 138 g/mol. The van der Waals surface area contributed by atoms with Crippen molar-refractivity contribution in [3.8, 4) is 0 Å². The van der Waals surface area contributed by atoms with Crippen molar-refractivity contribution < 1.29 is 4.79 Å². The summed E-state index contributed by atoms with van der Waals surface area (Å²) in [5.41, 5.74) is 0. The van der Waals surface area contributed by atoms with Crippen LogP contribution in [0.5, 0.6) is 0 Å². The van der Waals surface area contributed by atoms with Crippen LogP contribution in [0.4, 0.5) is 0 Å². The highest BCUT2D eigenvalue weighted by Crippen LogP contribution is 2.14. The molecule has 0 N–H and O–H groups in total. The van der Waals surface area contributed by atoms with Crippen molar-refractivity contribution in [1.29, 1.82) is 0 Å². The Balaban J connectivity index is 2.39. The zero-order valence-corrected chi connectivity index (χ0v) is 7.34. The van der Waals surface area contributed by atoms with Crippen molar-refractivity contribution in [2.24, 2.45) is 5.92 Å². The van der Waals surface area contributed by atoms with Gasteiger partial charge in [0, 0.05) is 12.5 Å². The fourth-order valence-corrected chi connectivity index (χ4v) is 1.30. The highest BCUT2D eigenvalue weighted by molar-refractivity contribution is 5.78. The number of carbonyl (C=O) groups is 1. The van der Waals surface area contributed by atoms with Crippen LogP contribution in [0, 0.1) is 12.5 Å². The summed E-state index contributed by atoms with van der Waals surface area (Å²) in [6.07, 6.45) is 3.47. The van der Waals surface area contributed by atoms with Gasteiger partial charge < -0.3 is 4.90 Å². The van der Waals surface area contributed by atoms with Gasteiger partial charge in [-0.25, -0.2) is 0 Å². The minimum Gasteiger partial charge on any atom is -0.337 e. The van der Waals surface area contributed by atoms with E-state index in [2.05, 4.69) is 0 Å². The smallest absolute Gasteiger partial charge is 0.225 e. The molecule has 1 saturated heterocycles. The van der Waals surface area contributed by atoms with Gasteiger partial charge >= 0.3 is 0 Å². The molecule has 0 aliphatic carbocycles. The van der Waals surface area contributed by atoms with Gasteiger partial charge in [-0.05, 0) is 19.3 Å². The Hall–Kier alpha value is -0.530. The van der Waals surface area contributed by atoms with Gasteiger partial charge in [-0.3, -0.25) is 4.79 Å². The SMILES string of the molecule is CC(C)C(=O)N1[CH]CCCC1. The summed E-state index contributed by atoms with van der Waals surface area (Å²) < 4.78 is 0. The van der Waals surface area contributed by atoms with Gasteiger partial charge in [0.05, 0.1) is 6.54 Å². The summed E-state index contributed by atoms with van der Waals surface area (Å²) >= 11 is 0. The summed E-state index contributed by atoms with van der Waals surface area (Å²) in [5, 5.41) is 0. The van der Waals surface area contributed by atoms with E-state index in [1.807, 2.05) is 25.3 Å². The summed E-state index contributed by atoms with van der Waals surface area (Å²) in [4.78, 5) is 13.3. The predicted octanol–water partition coefficient (Wildman–Crippen LogP) is 1.82. The highest BCUT2D eigenvalue weighted by Gasteiger charge is 2.18. The van der Waals surface area contributed by atoms with E-state index in [-0.39, 0.29) is 11.8 Å². The molecule has 1 rings (SSSR count). The van der Waals surface area contributed by atoms with E-state index < -0.39 is 0 Å². The van der Waals surface area contributed by atoms with E-state index in [9.17, 15) is 4.79 Å². The number of hydrogen-bond donors (Lipinski definition) is 0. The Morgan fingerprint density at radius 3 is 2.64 bits per heavy atom. The van der Waals surface area contributed by atoms with Crippen LogP contribution in [0.25, 0.3) is 0 Å². The minimum absolute atomic E-state index is 0.143. The number of carbonyl (C=O) groups excluding carboxylic acids is 1. The quantitative estimate of drug-likeness (QED) is 0.564. The van der Waals surface area contributed by atoms with Crippen LogP contribution >= 0.6 is 0 Å². The molecule has 1 amide bonds. The second-order valence-electron chi connectivity index (χ2n) is 3.36. The van der Waals surface area contributed by atoms with Crippen LogP contribution in [-0.2, 0) is 4.79 Å². The van der Waals surface area contributed by atoms with Crippen molar-refractivity contribution in [2.45, 2.75) is 33.1 Å². The van der Waals surface area contributed by atoms with Crippen LogP contribution in [0.15, 0.2) is 0 Å². The van der Waals surface area contributed by atoms with E-state index in [0.29, 0.717) is 0 Å². The van der Waals surface area contributed by atoms with E-state index >= 15 is 0 Å². The van der Waals surface area contributed by atoms with Crippen molar-refractivity contribution in [2.75, 3.05) is 6.54 Å². The Morgan fingerprint density at radius 2 is 2.18 bits per heavy atom. The first-order valence-electron chi connectivity index (χ1n) is 4.35. The van der Waals surface area contributed by atoms with Gasteiger partial charge in [-0.15, -0.1) is 0 Å². The molecular formula is C9H16NO. The third kappa shape index (κ3) is 2.21. The summed E-state index contributed by atoms with van der Waals surface area (Å²) in [5.74, 6) is 0.411. The second kappa shape index (κ2) is 3.74. The summed E-state index contributed by atoms with van der Waals surface area (Å²) in [6, 6.07) is 0. The van der Waals surface area contributed by atoms with Crippen LogP contribution in [-0.4, -0.2) is 17.4 Å². The fraction of sp³-hybridized carbons (Fsp3) is 0.778. The van der Waals surface area contributed by atoms with E-state index in [0.717, 1.165) is 19.4 Å². The largest absolute Gasteiger partial charge is 0.337 e. The first kappa shape index (κ1) is 8.57. The zero-order chi connectivity index (χ0) is 8.27. The Kier molecular flexibility index (Phi) is 2.92. The number of nitrogens with zero attached hydrogens (tertiary/aromatic N) is 1. The first-order chi connectivity index (χ1) is 5.22. The van der Waals surface area contributed by atoms with Gasteiger partial charge in [0.25, 0.3) is 0 Å². The first-order valence-corrected chi connectivity index (χ1v) is 4.35. The van der Waals surface area contributed by atoms with Gasteiger partial charge in [0.2, 0.25) is 5.91 Å². The maximum absolute atomic E-state index is 11.4. The molecule has 0 unspecified atom stereocenters. The Labute approximate surface area is 68.6 Å². The molecule has 0 aromatic carbocycles. The Bertz CT molecular complexity index is 136. The molecule has 1 radical (unpaired) electrons. The van der Waals surface area contributed by atoms with E-state index in [4.69, 9.17) is 0 Å². The third-order valence-corrected chi connectivity index (χ3v) is 1.98. The lowest BCUT2D eigenvalue weighted by molar-refractivity contribution is -0.133. The summed E-state index contributed by atoms with van der Waals surface area (Å²) in [6.45, 7) is 6.86. The van der Waals surface area contributed by atoms with Crippen LogP contribution in [0.3, 0.4) is 0 Å². The molecule has 1 aliphatic heterocycles. The minimum atomic E-state index is 0.143. The number of hydrogen-bond acceptors (Lipinski definition) is 1. The average molecular weight is 154 g/mol. The molecule has 11 heavy (non-hydrogen) atoms. The van der Waals surface area contributed by atoms with Crippen molar-refractivity contribution in [3.05, 3.63) is 6.54 Å².